The van der Waals surface area contributed by atoms with E-state index in [1.807, 2.05) is 13.0 Å². The van der Waals surface area contributed by atoms with Crippen LogP contribution in [-0.2, 0) is 0 Å². The van der Waals surface area contributed by atoms with Crippen molar-refractivity contribution in [2.45, 2.75) is 25.8 Å². The van der Waals surface area contributed by atoms with Gasteiger partial charge in [-0.05, 0) is 31.9 Å². The summed E-state index contributed by atoms with van der Waals surface area (Å²) in [5.74, 6) is 1.62. The van der Waals surface area contributed by atoms with Gasteiger partial charge < -0.3 is 14.5 Å². The van der Waals surface area contributed by atoms with E-state index in [-0.39, 0.29) is 0 Å². The molecule has 23 heavy (non-hydrogen) atoms. The van der Waals surface area contributed by atoms with Crippen molar-refractivity contribution in [3.8, 4) is 5.88 Å². The van der Waals surface area contributed by atoms with Crippen molar-refractivity contribution in [1.29, 1.82) is 0 Å². The number of ether oxygens (including phenoxy) is 1. The first-order chi connectivity index (χ1) is 11.3. The van der Waals surface area contributed by atoms with Crippen LogP contribution in [0.1, 0.15) is 19.8 Å². The smallest absolute Gasteiger partial charge is 0.218 e. The lowest BCUT2D eigenvalue weighted by atomic mass is 10.0. The predicted octanol–water partition coefficient (Wildman–Crippen LogP) is 2.98. The highest BCUT2D eigenvalue weighted by molar-refractivity contribution is 5.47. The maximum Gasteiger partial charge on any atom is 0.218 e. The van der Waals surface area contributed by atoms with Crippen LogP contribution in [0.4, 0.5) is 11.5 Å². The fourth-order valence-corrected chi connectivity index (χ4v) is 3.09. The van der Waals surface area contributed by atoms with Crippen LogP contribution in [0.15, 0.2) is 42.7 Å². The molecule has 5 nitrogen and oxygen atoms in total. The molecule has 0 N–H and O–H groups in total. The van der Waals surface area contributed by atoms with Crippen molar-refractivity contribution < 1.29 is 4.74 Å². The normalized spacial score (nSPS) is 15.5. The largest absolute Gasteiger partial charge is 0.478 e. The molecule has 2 heterocycles. The van der Waals surface area contributed by atoms with E-state index in [1.54, 1.807) is 6.33 Å². The zero-order valence-electron chi connectivity index (χ0n) is 13.9. The summed E-state index contributed by atoms with van der Waals surface area (Å²) in [4.78, 5) is 13.2. The van der Waals surface area contributed by atoms with Crippen LogP contribution in [0.3, 0.4) is 0 Å². The molecule has 5 heteroatoms. The summed E-state index contributed by atoms with van der Waals surface area (Å²) in [5, 5.41) is 0. The molecular weight excluding hydrogens is 288 g/mol. The van der Waals surface area contributed by atoms with Gasteiger partial charge in [0, 0.05) is 37.9 Å². The third-order valence-electron chi connectivity index (χ3n) is 4.42. The van der Waals surface area contributed by atoms with Crippen molar-refractivity contribution in [2.75, 3.05) is 36.5 Å². The second-order valence-electron chi connectivity index (χ2n) is 5.81. The SMILES string of the molecule is CCOc1cc(N2CCC(N(C)c3ccccc3)CC2)ncn1. The molecule has 0 bridgehead atoms. The number of nitrogens with zero attached hydrogens (tertiary/aromatic N) is 4. The monoisotopic (exact) mass is 312 g/mol. The summed E-state index contributed by atoms with van der Waals surface area (Å²) in [7, 11) is 2.19. The van der Waals surface area contributed by atoms with Crippen molar-refractivity contribution in [1.82, 2.24) is 9.97 Å². The number of para-hydroxylation sites is 1. The lowest BCUT2D eigenvalue weighted by Gasteiger charge is -2.38. The number of hydrogen-bond donors (Lipinski definition) is 0. The number of piperidine rings is 1. The molecule has 0 spiro atoms. The summed E-state index contributed by atoms with van der Waals surface area (Å²) < 4.78 is 5.47. The van der Waals surface area contributed by atoms with Gasteiger partial charge in [0.1, 0.15) is 12.1 Å². The molecule has 0 radical (unpaired) electrons. The lowest BCUT2D eigenvalue weighted by Crippen LogP contribution is -2.43. The molecule has 0 saturated carbocycles. The Morgan fingerprint density at radius 3 is 2.61 bits per heavy atom. The number of aromatic nitrogens is 2. The second-order valence-corrected chi connectivity index (χ2v) is 5.81. The van der Waals surface area contributed by atoms with Crippen LogP contribution in [0.25, 0.3) is 0 Å². The molecule has 3 rings (SSSR count). The quantitative estimate of drug-likeness (QED) is 0.849. The van der Waals surface area contributed by atoms with Gasteiger partial charge in [-0.2, -0.15) is 0 Å². The molecule has 1 saturated heterocycles. The predicted molar refractivity (Wildman–Crippen MR) is 93.3 cm³/mol. The molecule has 0 atom stereocenters. The highest BCUT2D eigenvalue weighted by atomic mass is 16.5. The zero-order valence-corrected chi connectivity index (χ0v) is 13.9. The molecule has 0 unspecified atom stereocenters. The Morgan fingerprint density at radius 2 is 1.91 bits per heavy atom. The number of hydrogen-bond acceptors (Lipinski definition) is 5. The summed E-state index contributed by atoms with van der Waals surface area (Å²) in [5.41, 5.74) is 1.28. The molecule has 1 fully saturated rings. The maximum absolute atomic E-state index is 5.47. The van der Waals surface area contributed by atoms with Gasteiger partial charge >= 0.3 is 0 Å². The van der Waals surface area contributed by atoms with E-state index in [2.05, 4.69) is 57.1 Å². The average molecular weight is 312 g/mol. The standard InChI is InChI=1S/C18H24N4O/c1-3-23-18-13-17(19-14-20-18)22-11-9-16(10-12-22)21(2)15-7-5-4-6-8-15/h4-8,13-14,16H,3,9-12H2,1-2H3. The summed E-state index contributed by atoms with van der Waals surface area (Å²) in [6.45, 7) is 4.60. The van der Waals surface area contributed by atoms with Crippen LogP contribution >= 0.6 is 0 Å². The van der Waals surface area contributed by atoms with Crippen molar-refractivity contribution in [3.05, 3.63) is 42.7 Å². The minimum atomic E-state index is 0.571. The van der Waals surface area contributed by atoms with Crippen LogP contribution < -0.4 is 14.5 Å². The number of anilines is 2. The summed E-state index contributed by atoms with van der Waals surface area (Å²) in [6, 6.07) is 13.1. The van der Waals surface area contributed by atoms with Gasteiger partial charge in [0.2, 0.25) is 5.88 Å². The second kappa shape index (κ2) is 7.31. The number of rotatable bonds is 5. The average Bonchev–Trinajstić information content (AvgIpc) is 2.62. The number of benzene rings is 1. The topological polar surface area (TPSA) is 41.5 Å². The lowest BCUT2D eigenvalue weighted by molar-refractivity contribution is 0.326. The van der Waals surface area contributed by atoms with E-state index in [4.69, 9.17) is 4.74 Å². The molecule has 1 aliphatic rings. The highest BCUT2D eigenvalue weighted by Gasteiger charge is 2.23. The fourth-order valence-electron chi connectivity index (χ4n) is 3.09. The fraction of sp³-hybridized carbons (Fsp3) is 0.444. The Kier molecular flexibility index (Phi) is 4.95. The third kappa shape index (κ3) is 3.73. The van der Waals surface area contributed by atoms with E-state index < -0.39 is 0 Å². The molecular formula is C18H24N4O. The molecule has 122 valence electrons. The maximum atomic E-state index is 5.47. The van der Waals surface area contributed by atoms with Gasteiger partial charge in [0.15, 0.2) is 0 Å². The Bertz CT molecular complexity index is 611. The Hall–Kier alpha value is -2.30. The first kappa shape index (κ1) is 15.6. The van der Waals surface area contributed by atoms with Crippen LogP contribution in [-0.4, -0.2) is 42.8 Å². The molecule has 0 amide bonds. The zero-order chi connectivity index (χ0) is 16.1. The van der Waals surface area contributed by atoms with Gasteiger partial charge in [-0.3, -0.25) is 0 Å². The van der Waals surface area contributed by atoms with E-state index in [0.717, 1.165) is 31.7 Å². The van der Waals surface area contributed by atoms with E-state index in [1.165, 1.54) is 5.69 Å². The molecule has 1 aliphatic heterocycles. The Labute approximate surface area is 137 Å². The van der Waals surface area contributed by atoms with Crippen LogP contribution in [0.2, 0.25) is 0 Å². The van der Waals surface area contributed by atoms with Gasteiger partial charge in [0.05, 0.1) is 6.61 Å². The highest BCUT2D eigenvalue weighted by Crippen LogP contribution is 2.25. The minimum Gasteiger partial charge on any atom is -0.478 e. The van der Waals surface area contributed by atoms with Gasteiger partial charge in [-0.15, -0.1) is 0 Å². The van der Waals surface area contributed by atoms with E-state index in [0.29, 0.717) is 18.5 Å². The van der Waals surface area contributed by atoms with Gasteiger partial charge in [-0.25, -0.2) is 9.97 Å². The van der Waals surface area contributed by atoms with E-state index >= 15 is 0 Å². The van der Waals surface area contributed by atoms with Crippen LogP contribution in [0.5, 0.6) is 5.88 Å². The first-order valence-corrected chi connectivity index (χ1v) is 8.25. The van der Waals surface area contributed by atoms with E-state index in [9.17, 15) is 0 Å². The molecule has 2 aromatic rings. The molecule has 1 aromatic heterocycles. The van der Waals surface area contributed by atoms with Gasteiger partial charge in [0.25, 0.3) is 0 Å². The van der Waals surface area contributed by atoms with Crippen LogP contribution in [0, 0.1) is 0 Å². The van der Waals surface area contributed by atoms with Crippen molar-refractivity contribution >= 4 is 11.5 Å². The van der Waals surface area contributed by atoms with Crippen molar-refractivity contribution in [2.24, 2.45) is 0 Å². The summed E-state index contributed by atoms with van der Waals surface area (Å²) >= 11 is 0. The minimum absolute atomic E-state index is 0.571. The molecule has 1 aromatic carbocycles. The van der Waals surface area contributed by atoms with Crippen molar-refractivity contribution in [3.63, 3.8) is 0 Å². The Morgan fingerprint density at radius 1 is 1.17 bits per heavy atom. The van der Waals surface area contributed by atoms with Gasteiger partial charge in [-0.1, -0.05) is 18.2 Å². The first-order valence-electron chi connectivity index (χ1n) is 8.25. The molecule has 0 aliphatic carbocycles. The summed E-state index contributed by atoms with van der Waals surface area (Å²) in [6.07, 6.45) is 3.83. The Balaban J connectivity index is 1.61. The third-order valence-corrected chi connectivity index (χ3v) is 4.42.